The standard InChI is InChI=1S/C26H38N2O3/c29-25(26(30)13-2-14-26)27-21-7-5-19(6-8-21)9-15-28-16-10-20(11-17-28)22-3-1-4-24-23(22)12-18-31-24/h1,3-4,19-21,30H,2,5-18H2,(H,27,29)/t19-,21-. The first-order valence-corrected chi connectivity index (χ1v) is 12.6. The van der Waals surface area contributed by atoms with E-state index in [0.717, 1.165) is 44.0 Å². The molecule has 2 saturated carbocycles. The van der Waals surface area contributed by atoms with Crippen LogP contribution in [0.25, 0.3) is 0 Å². The summed E-state index contributed by atoms with van der Waals surface area (Å²) < 4.78 is 5.76. The zero-order valence-corrected chi connectivity index (χ0v) is 18.8. The average molecular weight is 427 g/mol. The predicted molar refractivity (Wildman–Crippen MR) is 121 cm³/mol. The van der Waals surface area contributed by atoms with Gasteiger partial charge < -0.3 is 20.1 Å². The Kier molecular flexibility index (Phi) is 6.25. The third-order valence-electron chi connectivity index (χ3n) is 8.45. The molecule has 1 aromatic carbocycles. The number of aliphatic hydroxyl groups is 1. The van der Waals surface area contributed by atoms with Gasteiger partial charge in [-0.2, -0.15) is 0 Å². The van der Waals surface area contributed by atoms with Gasteiger partial charge in [0, 0.05) is 18.0 Å². The maximum absolute atomic E-state index is 12.2. The fourth-order valence-corrected chi connectivity index (χ4v) is 6.12. The van der Waals surface area contributed by atoms with Crippen LogP contribution in [0.15, 0.2) is 18.2 Å². The molecule has 5 rings (SSSR count). The summed E-state index contributed by atoms with van der Waals surface area (Å²) in [7, 11) is 0. The Hall–Kier alpha value is -1.59. The normalized spacial score (nSPS) is 28.4. The Labute approximate surface area is 186 Å². The second kappa shape index (κ2) is 9.11. The summed E-state index contributed by atoms with van der Waals surface area (Å²) in [4.78, 5) is 14.9. The lowest BCUT2D eigenvalue weighted by molar-refractivity contribution is -0.149. The molecule has 5 heteroatoms. The maximum atomic E-state index is 12.2. The summed E-state index contributed by atoms with van der Waals surface area (Å²) in [6.45, 7) is 4.47. The highest BCUT2D eigenvalue weighted by atomic mass is 16.5. The first kappa shape index (κ1) is 21.3. The molecular formula is C26H38N2O3. The Morgan fingerprint density at radius 2 is 1.90 bits per heavy atom. The number of nitrogens with zero attached hydrogens (tertiary/aromatic N) is 1. The van der Waals surface area contributed by atoms with Gasteiger partial charge in [-0.1, -0.05) is 12.1 Å². The van der Waals surface area contributed by atoms with Gasteiger partial charge in [-0.05, 0) is 107 Å². The molecule has 0 unspecified atom stereocenters. The fraction of sp³-hybridized carbons (Fsp3) is 0.731. The van der Waals surface area contributed by atoms with Gasteiger partial charge >= 0.3 is 0 Å². The number of benzene rings is 1. The molecule has 0 aromatic heterocycles. The van der Waals surface area contributed by atoms with Crippen molar-refractivity contribution in [2.75, 3.05) is 26.2 Å². The molecule has 0 bridgehead atoms. The Morgan fingerprint density at radius 1 is 1.13 bits per heavy atom. The van der Waals surface area contributed by atoms with Crippen LogP contribution in [0.3, 0.4) is 0 Å². The number of amides is 1. The average Bonchev–Trinajstić information content (AvgIpc) is 3.26. The highest BCUT2D eigenvalue weighted by Gasteiger charge is 2.42. The van der Waals surface area contributed by atoms with Gasteiger partial charge in [0.15, 0.2) is 0 Å². The number of hydrogen-bond acceptors (Lipinski definition) is 4. The molecule has 1 aromatic rings. The summed E-state index contributed by atoms with van der Waals surface area (Å²) in [5.41, 5.74) is 1.95. The number of ether oxygens (including phenoxy) is 1. The number of piperidine rings is 1. The van der Waals surface area contributed by atoms with Gasteiger partial charge in [-0.25, -0.2) is 0 Å². The number of nitrogens with one attached hydrogen (secondary N) is 1. The lowest BCUT2D eigenvalue weighted by Gasteiger charge is -2.38. The van der Waals surface area contributed by atoms with Crippen LogP contribution < -0.4 is 10.1 Å². The molecule has 31 heavy (non-hydrogen) atoms. The van der Waals surface area contributed by atoms with Crippen LogP contribution in [0.2, 0.25) is 0 Å². The third-order valence-corrected chi connectivity index (χ3v) is 8.45. The van der Waals surface area contributed by atoms with Crippen LogP contribution in [0.5, 0.6) is 5.75 Å². The highest BCUT2D eigenvalue weighted by molar-refractivity contribution is 5.86. The largest absolute Gasteiger partial charge is 0.493 e. The second-order valence-corrected chi connectivity index (χ2v) is 10.4. The number of rotatable bonds is 6. The predicted octanol–water partition coefficient (Wildman–Crippen LogP) is 3.78. The molecule has 2 aliphatic carbocycles. The molecular weight excluding hydrogens is 388 g/mol. The molecule has 1 amide bonds. The van der Waals surface area contributed by atoms with Crippen molar-refractivity contribution < 1.29 is 14.6 Å². The van der Waals surface area contributed by atoms with E-state index in [-0.39, 0.29) is 11.9 Å². The Morgan fingerprint density at radius 3 is 2.61 bits per heavy atom. The molecule has 3 fully saturated rings. The Balaban J connectivity index is 1.02. The first-order valence-electron chi connectivity index (χ1n) is 12.6. The lowest BCUT2D eigenvalue weighted by atomic mass is 9.78. The second-order valence-electron chi connectivity index (χ2n) is 10.4. The molecule has 0 radical (unpaired) electrons. The van der Waals surface area contributed by atoms with Crippen molar-refractivity contribution in [3.05, 3.63) is 29.3 Å². The van der Waals surface area contributed by atoms with E-state index < -0.39 is 5.60 Å². The van der Waals surface area contributed by atoms with Gasteiger partial charge in [-0.3, -0.25) is 4.79 Å². The minimum atomic E-state index is -1.06. The zero-order valence-electron chi connectivity index (χ0n) is 18.8. The van der Waals surface area contributed by atoms with E-state index in [9.17, 15) is 9.90 Å². The van der Waals surface area contributed by atoms with Gasteiger partial charge in [-0.15, -0.1) is 0 Å². The quantitative estimate of drug-likeness (QED) is 0.727. The van der Waals surface area contributed by atoms with E-state index in [2.05, 4.69) is 28.4 Å². The SMILES string of the molecule is O=C(N[C@H]1CC[C@H](CCN2CCC(c3cccc4c3CCO4)CC2)CC1)C1(O)CCC1. The number of fused-ring (bicyclic) bond motifs is 1. The number of carbonyl (C=O) groups is 1. The Bertz CT molecular complexity index is 775. The van der Waals surface area contributed by atoms with Crippen molar-refractivity contribution >= 4 is 5.91 Å². The van der Waals surface area contributed by atoms with Crippen LogP contribution in [0.1, 0.15) is 81.3 Å². The lowest BCUT2D eigenvalue weighted by Crippen LogP contribution is -2.54. The summed E-state index contributed by atoms with van der Waals surface area (Å²) in [5, 5.41) is 13.3. The highest BCUT2D eigenvalue weighted by Crippen LogP contribution is 2.37. The number of carbonyl (C=O) groups excluding carboxylic acids is 1. The summed E-state index contributed by atoms with van der Waals surface area (Å²) in [5.74, 6) is 2.47. The fourth-order valence-electron chi connectivity index (χ4n) is 6.12. The molecule has 2 heterocycles. The minimum absolute atomic E-state index is 0.124. The summed E-state index contributed by atoms with van der Waals surface area (Å²) >= 11 is 0. The monoisotopic (exact) mass is 426 g/mol. The zero-order chi connectivity index (χ0) is 21.3. The van der Waals surface area contributed by atoms with E-state index in [4.69, 9.17) is 4.74 Å². The van der Waals surface area contributed by atoms with Gasteiger partial charge in [0.1, 0.15) is 11.4 Å². The van der Waals surface area contributed by atoms with Gasteiger partial charge in [0.2, 0.25) is 0 Å². The number of likely N-dealkylation sites (tertiary alicyclic amines) is 1. The van der Waals surface area contributed by atoms with E-state index in [1.54, 1.807) is 5.56 Å². The van der Waals surface area contributed by atoms with Crippen molar-refractivity contribution in [3.8, 4) is 5.75 Å². The van der Waals surface area contributed by atoms with E-state index in [1.807, 2.05) is 0 Å². The molecule has 0 spiro atoms. The molecule has 5 nitrogen and oxygen atoms in total. The first-order chi connectivity index (χ1) is 15.1. The van der Waals surface area contributed by atoms with Crippen LogP contribution in [0.4, 0.5) is 0 Å². The molecule has 4 aliphatic rings. The van der Waals surface area contributed by atoms with Gasteiger partial charge in [0.25, 0.3) is 5.91 Å². The van der Waals surface area contributed by atoms with Crippen molar-refractivity contribution in [1.82, 2.24) is 10.2 Å². The minimum Gasteiger partial charge on any atom is -0.493 e. The molecule has 2 aliphatic heterocycles. The third kappa shape index (κ3) is 4.63. The summed E-state index contributed by atoms with van der Waals surface area (Å²) in [6.07, 6.45) is 11.7. The molecule has 1 saturated heterocycles. The molecule has 2 N–H and O–H groups in total. The van der Waals surface area contributed by atoms with E-state index in [1.165, 1.54) is 57.3 Å². The molecule has 0 atom stereocenters. The topological polar surface area (TPSA) is 61.8 Å². The number of hydrogen-bond donors (Lipinski definition) is 2. The smallest absolute Gasteiger partial charge is 0.252 e. The van der Waals surface area contributed by atoms with Crippen molar-refractivity contribution in [2.45, 2.75) is 88.2 Å². The van der Waals surface area contributed by atoms with Crippen LogP contribution in [-0.4, -0.2) is 53.8 Å². The van der Waals surface area contributed by atoms with Crippen molar-refractivity contribution in [3.63, 3.8) is 0 Å². The van der Waals surface area contributed by atoms with E-state index >= 15 is 0 Å². The van der Waals surface area contributed by atoms with Crippen molar-refractivity contribution in [1.29, 1.82) is 0 Å². The van der Waals surface area contributed by atoms with E-state index in [0.29, 0.717) is 18.8 Å². The van der Waals surface area contributed by atoms with Gasteiger partial charge in [0.05, 0.1) is 6.61 Å². The maximum Gasteiger partial charge on any atom is 0.252 e. The van der Waals surface area contributed by atoms with Crippen molar-refractivity contribution in [2.24, 2.45) is 5.92 Å². The van der Waals surface area contributed by atoms with Crippen LogP contribution >= 0.6 is 0 Å². The molecule has 170 valence electrons. The van der Waals surface area contributed by atoms with Crippen LogP contribution in [0, 0.1) is 5.92 Å². The van der Waals surface area contributed by atoms with Crippen LogP contribution in [-0.2, 0) is 11.2 Å². The summed E-state index contributed by atoms with van der Waals surface area (Å²) in [6, 6.07) is 6.88.